The second-order valence-corrected chi connectivity index (χ2v) is 4.82. The first-order chi connectivity index (χ1) is 8.59. The average molecular weight is 251 g/mol. The van der Waals surface area contributed by atoms with E-state index >= 15 is 0 Å². The Hall–Kier alpha value is -1.42. The molecule has 0 aliphatic carbocycles. The summed E-state index contributed by atoms with van der Waals surface area (Å²) in [4.78, 5) is 13.7. The molecular weight excluding hydrogens is 233 g/mol. The normalized spacial score (nSPS) is 20.2. The summed E-state index contributed by atoms with van der Waals surface area (Å²) in [6, 6.07) is 6.56. The van der Waals surface area contributed by atoms with Gasteiger partial charge < -0.3 is 9.64 Å². The van der Waals surface area contributed by atoms with Gasteiger partial charge in [0.2, 0.25) is 5.91 Å². The number of hydrogen-bond acceptors (Lipinski definition) is 2. The number of ether oxygens (including phenoxy) is 1. The van der Waals surface area contributed by atoms with Crippen molar-refractivity contribution in [1.82, 2.24) is 4.90 Å². The highest BCUT2D eigenvalue weighted by Crippen LogP contribution is 2.25. The molecule has 0 aromatic heterocycles. The highest BCUT2D eigenvalue weighted by Gasteiger charge is 2.27. The third-order valence-electron chi connectivity index (χ3n) is 3.12. The zero-order chi connectivity index (χ0) is 13.1. The second-order valence-electron chi connectivity index (χ2n) is 4.82. The molecule has 98 valence electrons. The molecule has 4 heteroatoms. The summed E-state index contributed by atoms with van der Waals surface area (Å²) >= 11 is 0. The van der Waals surface area contributed by atoms with Crippen molar-refractivity contribution >= 4 is 5.91 Å². The van der Waals surface area contributed by atoms with Gasteiger partial charge in [-0.3, -0.25) is 4.79 Å². The largest absolute Gasteiger partial charge is 0.370 e. The van der Waals surface area contributed by atoms with Crippen LogP contribution in [0, 0.1) is 11.7 Å². The fourth-order valence-corrected chi connectivity index (χ4v) is 2.14. The Kier molecular flexibility index (Phi) is 3.97. The van der Waals surface area contributed by atoms with E-state index in [1.165, 1.54) is 6.07 Å². The number of morpholine rings is 1. The fourth-order valence-electron chi connectivity index (χ4n) is 2.14. The summed E-state index contributed by atoms with van der Waals surface area (Å²) in [5.41, 5.74) is 0.527. The molecule has 1 fully saturated rings. The highest BCUT2D eigenvalue weighted by molar-refractivity contribution is 5.78. The van der Waals surface area contributed by atoms with Crippen LogP contribution in [0.25, 0.3) is 0 Å². The SMILES string of the molecule is CC(C)C(=O)N1CCOC(c2ccccc2F)C1. The van der Waals surface area contributed by atoms with Crippen LogP contribution >= 0.6 is 0 Å². The molecule has 3 nitrogen and oxygen atoms in total. The summed E-state index contributed by atoms with van der Waals surface area (Å²) in [6.45, 7) is 5.21. The van der Waals surface area contributed by atoms with E-state index in [0.717, 1.165) is 0 Å². The quantitative estimate of drug-likeness (QED) is 0.807. The van der Waals surface area contributed by atoms with E-state index in [9.17, 15) is 9.18 Å². The van der Waals surface area contributed by atoms with Crippen LogP contribution in [0.15, 0.2) is 24.3 Å². The van der Waals surface area contributed by atoms with E-state index in [4.69, 9.17) is 4.74 Å². The molecule has 18 heavy (non-hydrogen) atoms. The average Bonchev–Trinajstić information content (AvgIpc) is 2.38. The minimum atomic E-state index is -0.359. The maximum atomic E-state index is 13.7. The Bertz CT molecular complexity index is 434. The molecule has 2 rings (SSSR count). The predicted molar refractivity (Wildman–Crippen MR) is 66.5 cm³/mol. The fraction of sp³-hybridized carbons (Fsp3) is 0.500. The zero-order valence-corrected chi connectivity index (χ0v) is 10.7. The van der Waals surface area contributed by atoms with Crippen LogP contribution in [0.4, 0.5) is 4.39 Å². The van der Waals surface area contributed by atoms with Gasteiger partial charge in [-0.25, -0.2) is 4.39 Å². The lowest BCUT2D eigenvalue weighted by Crippen LogP contribution is -2.44. The van der Waals surface area contributed by atoms with Gasteiger partial charge in [-0.2, -0.15) is 0 Å². The number of carbonyl (C=O) groups excluding carboxylic acids is 1. The summed E-state index contributed by atoms with van der Waals surface area (Å²) in [5.74, 6) is -0.217. The van der Waals surface area contributed by atoms with Gasteiger partial charge in [0.15, 0.2) is 0 Å². The Morgan fingerprint density at radius 2 is 2.17 bits per heavy atom. The monoisotopic (exact) mass is 251 g/mol. The highest BCUT2D eigenvalue weighted by atomic mass is 19.1. The number of halogens is 1. The van der Waals surface area contributed by atoms with Gasteiger partial charge in [0.25, 0.3) is 0 Å². The Morgan fingerprint density at radius 1 is 1.44 bits per heavy atom. The second kappa shape index (κ2) is 5.48. The molecule has 0 bridgehead atoms. The van der Waals surface area contributed by atoms with Crippen molar-refractivity contribution in [1.29, 1.82) is 0 Å². The van der Waals surface area contributed by atoms with Crippen molar-refractivity contribution in [3.8, 4) is 0 Å². The predicted octanol–water partition coefficient (Wildman–Crippen LogP) is 2.38. The number of nitrogens with zero attached hydrogens (tertiary/aromatic N) is 1. The summed E-state index contributed by atoms with van der Waals surface area (Å²) in [7, 11) is 0. The van der Waals surface area contributed by atoms with Gasteiger partial charge in [-0.1, -0.05) is 32.0 Å². The lowest BCUT2D eigenvalue weighted by Gasteiger charge is -2.34. The van der Waals surface area contributed by atoms with Gasteiger partial charge in [-0.05, 0) is 6.07 Å². The van der Waals surface area contributed by atoms with E-state index in [1.807, 2.05) is 13.8 Å². The third kappa shape index (κ3) is 2.70. The Morgan fingerprint density at radius 3 is 2.83 bits per heavy atom. The van der Waals surface area contributed by atoms with Crippen LogP contribution < -0.4 is 0 Å². The van der Waals surface area contributed by atoms with Crippen LogP contribution in [-0.4, -0.2) is 30.5 Å². The lowest BCUT2D eigenvalue weighted by atomic mass is 10.1. The first kappa shape index (κ1) is 13.0. The van der Waals surface area contributed by atoms with Gasteiger partial charge in [0.05, 0.1) is 13.2 Å². The molecule has 1 amide bonds. The molecule has 0 saturated carbocycles. The molecule has 0 N–H and O–H groups in total. The zero-order valence-electron chi connectivity index (χ0n) is 10.7. The van der Waals surface area contributed by atoms with Crippen molar-refractivity contribution in [2.75, 3.05) is 19.7 Å². The third-order valence-corrected chi connectivity index (χ3v) is 3.12. The number of rotatable bonds is 2. The van der Waals surface area contributed by atoms with Crippen molar-refractivity contribution in [2.45, 2.75) is 20.0 Å². The molecular formula is C14H18FNO2. The molecule has 0 radical (unpaired) electrons. The molecule has 1 aliphatic rings. The van der Waals surface area contributed by atoms with Crippen LogP contribution in [0.3, 0.4) is 0 Å². The van der Waals surface area contributed by atoms with Crippen molar-refractivity contribution in [2.24, 2.45) is 5.92 Å². The molecule has 0 spiro atoms. The van der Waals surface area contributed by atoms with Crippen LogP contribution in [0.2, 0.25) is 0 Å². The van der Waals surface area contributed by atoms with E-state index in [-0.39, 0.29) is 23.7 Å². The molecule has 1 heterocycles. The molecule has 1 aromatic rings. The first-order valence-corrected chi connectivity index (χ1v) is 6.24. The molecule has 1 aliphatic heterocycles. The molecule has 1 saturated heterocycles. The van der Waals surface area contributed by atoms with E-state index < -0.39 is 0 Å². The van der Waals surface area contributed by atoms with E-state index in [0.29, 0.717) is 25.3 Å². The summed E-state index contributed by atoms with van der Waals surface area (Å²) < 4.78 is 19.2. The molecule has 1 atom stereocenters. The van der Waals surface area contributed by atoms with Crippen LogP contribution in [-0.2, 0) is 9.53 Å². The Balaban J connectivity index is 2.12. The van der Waals surface area contributed by atoms with Crippen molar-refractivity contribution in [3.63, 3.8) is 0 Å². The van der Waals surface area contributed by atoms with Crippen LogP contribution in [0.5, 0.6) is 0 Å². The molecule has 1 unspecified atom stereocenters. The maximum absolute atomic E-state index is 13.7. The smallest absolute Gasteiger partial charge is 0.225 e. The Labute approximate surface area is 107 Å². The maximum Gasteiger partial charge on any atom is 0.225 e. The van der Waals surface area contributed by atoms with E-state index in [1.54, 1.807) is 23.1 Å². The first-order valence-electron chi connectivity index (χ1n) is 6.24. The van der Waals surface area contributed by atoms with E-state index in [2.05, 4.69) is 0 Å². The van der Waals surface area contributed by atoms with Crippen molar-refractivity contribution in [3.05, 3.63) is 35.6 Å². The minimum absolute atomic E-state index is 0.0376. The number of hydrogen-bond donors (Lipinski definition) is 0. The van der Waals surface area contributed by atoms with Crippen LogP contribution in [0.1, 0.15) is 25.5 Å². The lowest BCUT2D eigenvalue weighted by molar-refractivity contribution is -0.142. The number of carbonyl (C=O) groups is 1. The number of amides is 1. The van der Waals surface area contributed by atoms with Crippen molar-refractivity contribution < 1.29 is 13.9 Å². The molecule has 1 aromatic carbocycles. The summed E-state index contributed by atoms with van der Waals surface area (Å²) in [6.07, 6.45) is -0.359. The van der Waals surface area contributed by atoms with Gasteiger partial charge in [0, 0.05) is 18.0 Å². The van der Waals surface area contributed by atoms with Gasteiger partial charge >= 0.3 is 0 Å². The summed E-state index contributed by atoms with van der Waals surface area (Å²) in [5, 5.41) is 0. The number of benzene rings is 1. The minimum Gasteiger partial charge on any atom is -0.370 e. The van der Waals surface area contributed by atoms with Gasteiger partial charge in [-0.15, -0.1) is 0 Å². The standard InChI is InChI=1S/C14H18FNO2/c1-10(2)14(17)16-7-8-18-13(9-16)11-5-3-4-6-12(11)15/h3-6,10,13H,7-9H2,1-2H3. The van der Waals surface area contributed by atoms with Gasteiger partial charge in [0.1, 0.15) is 11.9 Å². The topological polar surface area (TPSA) is 29.5 Å².